The van der Waals surface area contributed by atoms with Gasteiger partial charge < -0.3 is 5.73 Å². The molecule has 2 rings (SSSR count). The number of nitrogens with zero attached hydrogens (tertiary/aromatic N) is 2. The molecule has 0 atom stereocenters. The summed E-state index contributed by atoms with van der Waals surface area (Å²) in [7, 11) is 0. The second-order valence-corrected chi connectivity index (χ2v) is 4.75. The van der Waals surface area contributed by atoms with Crippen molar-refractivity contribution in [2.45, 2.75) is 25.9 Å². The van der Waals surface area contributed by atoms with E-state index in [4.69, 9.17) is 5.73 Å². The van der Waals surface area contributed by atoms with Crippen LogP contribution in [0, 0.1) is 0 Å². The summed E-state index contributed by atoms with van der Waals surface area (Å²) in [5, 5.41) is 0. The first kappa shape index (κ1) is 14.3. The lowest BCUT2D eigenvalue weighted by Gasteiger charge is -2.16. The SMILES string of the molecule is CC(C)c1ccncc1-c1nc(N)ccc1C(F)(F)F. The number of hydrogen-bond acceptors (Lipinski definition) is 3. The average Bonchev–Trinajstić information content (AvgIpc) is 2.37. The minimum atomic E-state index is -4.49. The number of nitrogens with two attached hydrogens (primary N) is 1. The molecule has 106 valence electrons. The normalized spacial score (nSPS) is 11.9. The first-order chi connectivity index (χ1) is 9.30. The predicted octanol–water partition coefficient (Wildman–Crippen LogP) is 3.87. The molecule has 2 aromatic heterocycles. The third-order valence-electron chi connectivity index (χ3n) is 2.95. The highest BCUT2D eigenvalue weighted by molar-refractivity contribution is 5.68. The molecule has 0 aliphatic rings. The Bertz CT molecular complexity index is 621. The van der Waals surface area contributed by atoms with Crippen molar-refractivity contribution < 1.29 is 13.2 Å². The maximum atomic E-state index is 13.1. The molecule has 0 aromatic carbocycles. The van der Waals surface area contributed by atoms with Gasteiger partial charge in [0.1, 0.15) is 5.82 Å². The molecule has 2 aromatic rings. The smallest absolute Gasteiger partial charge is 0.384 e. The number of rotatable bonds is 2. The molecular formula is C14H14F3N3. The third-order valence-corrected chi connectivity index (χ3v) is 2.95. The summed E-state index contributed by atoms with van der Waals surface area (Å²) in [6, 6.07) is 3.80. The van der Waals surface area contributed by atoms with Crippen LogP contribution in [0.25, 0.3) is 11.3 Å². The molecule has 3 nitrogen and oxygen atoms in total. The van der Waals surface area contributed by atoms with Crippen LogP contribution in [0.15, 0.2) is 30.6 Å². The summed E-state index contributed by atoms with van der Waals surface area (Å²) >= 11 is 0. The minimum absolute atomic E-state index is 0.0477. The van der Waals surface area contributed by atoms with Crippen LogP contribution in [0.3, 0.4) is 0 Å². The van der Waals surface area contributed by atoms with Gasteiger partial charge in [-0.25, -0.2) is 4.98 Å². The van der Waals surface area contributed by atoms with E-state index in [1.54, 1.807) is 12.3 Å². The molecule has 0 saturated heterocycles. The Morgan fingerprint density at radius 2 is 1.85 bits per heavy atom. The molecule has 0 saturated carbocycles. The fraction of sp³-hybridized carbons (Fsp3) is 0.286. The van der Waals surface area contributed by atoms with E-state index in [9.17, 15) is 13.2 Å². The number of anilines is 1. The Labute approximate surface area is 114 Å². The first-order valence-corrected chi connectivity index (χ1v) is 6.08. The summed E-state index contributed by atoms with van der Waals surface area (Å²) in [4.78, 5) is 7.78. The number of hydrogen-bond donors (Lipinski definition) is 1. The summed E-state index contributed by atoms with van der Waals surface area (Å²) in [6.45, 7) is 3.80. The van der Waals surface area contributed by atoms with E-state index in [1.165, 1.54) is 6.20 Å². The van der Waals surface area contributed by atoms with Gasteiger partial charge in [-0.3, -0.25) is 4.98 Å². The lowest BCUT2D eigenvalue weighted by Crippen LogP contribution is -2.10. The summed E-state index contributed by atoms with van der Waals surface area (Å²) in [5.74, 6) is 0.101. The van der Waals surface area contributed by atoms with Crippen molar-refractivity contribution >= 4 is 5.82 Å². The van der Waals surface area contributed by atoms with Gasteiger partial charge in [-0.15, -0.1) is 0 Å². The molecule has 0 amide bonds. The Balaban J connectivity index is 2.72. The standard InChI is InChI=1S/C14H14F3N3/c1-8(2)9-5-6-19-7-10(9)13-11(14(15,16)17)3-4-12(18)20-13/h3-8H,1-2H3,(H2,18,20). The molecule has 2 N–H and O–H groups in total. The largest absolute Gasteiger partial charge is 0.418 e. The molecule has 2 heterocycles. The second-order valence-electron chi connectivity index (χ2n) is 4.75. The van der Waals surface area contributed by atoms with Gasteiger partial charge >= 0.3 is 6.18 Å². The Hall–Kier alpha value is -2.11. The molecule has 0 aliphatic carbocycles. The Kier molecular flexibility index (Phi) is 3.65. The molecule has 0 aliphatic heterocycles. The van der Waals surface area contributed by atoms with Crippen LogP contribution < -0.4 is 5.73 Å². The Morgan fingerprint density at radius 3 is 2.45 bits per heavy atom. The lowest BCUT2D eigenvalue weighted by atomic mass is 9.95. The van der Waals surface area contributed by atoms with Crippen molar-refractivity contribution in [3.05, 3.63) is 41.7 Å². The molecule has 20 heavy (non-hydrogen) atoms. The number of aromatic nitrogens is 2. The van der Waals surface area contributed by atoms with Gasteiger partial charge in [0.05, 0.1) is 11.3 Å². The predicted molar refractivity (Wildman–Crippen MR) is 71.0 cm³/mol. The fourth-order valence-corrected chi connectivity index (χ4v) is 2.01. The summed E-state index contributed by atoms with van der Waals surface area (Å²) in [5.41, 5.74) is 5.68. The van der Waals surface area contributed by atoms with Crippen LogP contribution in [0.2, 0.25) is 0 Å². The van der Waals surface area contributed by atoms with Gasteiger partial charge in [-0.05, 0) is 29.7 Å². The van der Waals surface area contributed by atoms with E-state index in [0.717, 1.165) is 17.7 Å². The molecular weight excluding hydrogens is 267 g/mol. The van der Waals surface area contributed by atoms with Crippen LogP contribution in [0.4, 0.5) is 19.0 Å². The van der Waals surface area contributed by atoms with Crippen molar-refractivity contribution in [2.75, 3.05) is 5.73 Å². The molecule has 0 unspecified atom stereocenters. The van der Waals surface area contributed by atoms with Crippen molar-refractivity contribution in [3.63, 3.8) is 0 Å². The molecule has 0 fully saturated rings. The molecule has 0 spiro atoms. The third kappa shape index (κ3) is 2.74. The number of nitrogen functional groups attached to an aromatic ring is 1. The van der Waals surface area contributed by atoms with Crippen LogP contribution in [-0.2, 0) is 6.18 Å². The zero-order valence-corrected chi connectivity index (χ0v) is 11.1. The quantitative estimate of drug-likeness (QED) is 0.909. The number of pyridine rings is 2. The molecule has 0 radical (unpaired) electrons. The van der Waals surface area contributed by atoms with Gasteiger partial charge in [0, 0.05) is 18.0 Å². The van der Waals surface area contributed by atoms with Crippen molar-refractivity contribution in [1.29, 1.82) is 0 Å². The van der Waals surface area contributed by atoms with Crippen LogP contribution in [0.1, 0.15) is 30.9 Å². The Morgan fingerprint density at radius 1 is 1.15 bits per heavy atom. The second kappa shape index (κ2) is 5.11. The van der Waals surface area contributed by atoms with E-state index >= 15 is 0 Å². The van der Waals surface area contributed by atoms with Gasteiger partial charge in [-0.1, -0.05) is 13.8 Å². The minimum Gasteiger partial charge on any atom is -0.384 e. The fourth-order valence-electron chi connectivity index (χ4n) is 2.01. The first-order valence-electron chi connectivity index (χ1n) is 6.08. The monoisotopic (exact) mass is 281 g/mol. The zero-order valence-electron chi connectivity index (χ0n) is 11.1. The highest BCUT2D eigenvalue weighted by Gasteiger charge is 2.35. The molecule has 6 heteroatoms. The van der Waals surface area contributed by atoms with E-state index in [1.807, 2.05) is 13.8 Å². The van der Waals surface area contributed by atoms with Gasteiger partial charge in [0.25, 0.3) is 0 Å². The summed E-state index contributed by atoms with van der Waals surface area (Å²) < 4.78 is 39.3. The van der Waals surface area contributed by atoms with E-state index in [0.29, 0.717) is 5.56 Å². The van der Waals surface area contributed by atoms with Gasteiger partial charge in [0.15, 0.2) is 0 Å². The molecule has 0 bridgehead atoms. The van der Waals surface area contributed by atoms with Crippen molar-refractivity contribution in [1.82, 2.24) is 9.97 Å². The van der Waals surface area contributed by atoms with E-state index < -0.39 is 11.7 Å². The van der Waals surface area contributed by atoms with Crippen LogP contribution in [-0.4, -0.2) is 9.97 Å². The zero-order chi connectivity index (χ0) is 14.9. The van der Waals surface area contributed by atoms with Gasteiger partial charge in [0.2, 0.25) is 0 Å². The average molecular weight is 281 g/mol. The number of halogens is 3. The highest BCUT2D eigenvalue weighted by atomic mass is 19.4. The van der Waals surface area contributed by atoms with Crippen molar-refractivity contribution in [3.8, 4) is 11.3 Å². The van der Waals surface area contributed by atoms with E-state index in [-0.39, 0.29) is 17.4 Å². The number of alkyl halides is 3. The van der Waals surface area contributed by atoms with Gasteiger partial charge in [-0.2, -0.15) is 13.2 Å². The topological polar surface area (TPSA) is 51.8 Å². The van der Waals surface area contributed by atoms with Crippen molar-refractivity contribution in [2.24, 2.45) is 0 Å². The maximum Gasteiger partial charge on any atom is 0.418 e. The highest BCUT2D eigenvalue weighted by Crippen LogP contribution is 2.38. The maximum absolute atomic E-state index is 13.1. The van der Waals surface area contributed by atoms with Crippen LogP contribution in [0.5, 0.6) is 0 Å². The lowest BCUT2D eigenvalue weighted by molar-refractivity contribution is -0.137. The van der Waals surface area contributed by atoms with E-state index in [2.05, 4.69) is 9.97 Å². The summed E-state index contributed by atoms with van der Waals surface area (Å²) in [6.07, 6.45) is -1.54. The van der Waals surface area contributed by atoms with Crippen LogP contribution >= 0.6 is 0 Å².